The number of aryl methyl sites for hydroxylation is 2. The molecule has 0 saturated carbocycles. The van der Waals surface area contributed by atoms with Crippen molar-refractivity contribution in [3.63, 3.8) is 0 Å². The Morgan fingerprint density at radius 3 is 2.76 bits per heavy atom. The van der Waals surface area contributed by atoms with E-state index in [9.17, 15) is 0 Å². The molecule has 3 rings (SSSR count). The number of aromatic nitrogens is 2. The Morgan fingerprint density at radius 2 is 2.05 bits per heavy atom. The summed E-state index contributed by atoms with van der Waals surface area (Å²) in [5.74, 6) is 0. The highest BCUT2D eigenvalue weighted by Crippen LogP contribution is 2.39. The Bertz CT molecular complexity index is 903. The summed E-state index contributed by atoms with van der Waals surface area (Å²) < 4.78 is 0. The molecule has 0 radical (unpaired) electrons. The lowest BCUT2D eigenvalue weighted by Crippen LogP contribution is -1.91. The number of benzene rings is 1. The van der Waals surface area contributed by atoms with E-state index in [-0.39, 0.29) is 0 Å². The number of nitrogens with zero attached hydrogens (tertiary/aromatic N) is 2. The zero-order valence-corrected chi connectivity index (χ0v) is 12.4. The molecular weight excluding hydrogens is 284 g/mol. The number of H-pyrrole nitrogens is 1. The third kappa shape index (κ3) is 2.03. The number of aromatic amines is 1. The third-order valence-electron chi connectivity index (χ3n) is 3.60. The van der Waals surface area contributed by atoms with Gasteiger partial charge in [0.2, 0.25) is 0 Å². The van der Waals surface area contributed by atoms with Crippen LogP contribution in [0.1, 0.15) is 11.3 Å². The molecule has 21 heavy (non-hydrogen) atoms. The summed E-state index contributed by atoms with van der Waals surface area (Å²) in [6.45, 7) is 11.2. The number of pyridine rings is 1. The van der Waals surface area contributed by atoms with Gasteiger partial charge in [-0.25, -0.2) is 4.85 Å². The average Bonchev–Trinajstić information content (AvgIpc) is 2.76. The smallest absolute Gasteiger partial charge is 0.190 e. The number of anilines is 1. The molecular formula is C16H13ClN4. The Kier molecular flexibility index (Phi) is 3.08. The van der Waals surface area contributed by atoms with Crippen LogP contribution < -0.4 is 5.73 Å². The lowest BCUT2D eigenvalue weighted by atomic mass is 10.0. The second kappa shape index (κ2) is 4.80. The Morgan fingerprint density at radius 1 is 1.29 bits per heavy atom. The first kappa shape index (κ1) is 13.5. The van der Waals surface area contributed by atoms with Crippen molar-refractivity contribution in [1.29, 1.82) is 0 Å². The van der Waals surface area contributed by atoms with E-state index in [1.165, 1.54) is 6.20 Å². The van der Waals surface area contributed by atoms with Crippen molar-refractivity contribution in [2.24, 2.45) is 0 Å². The second-order valence-electron chi connectivity index (χ2n) is 5.01. The second-order valence-corrected chi connectivity index (χ2v) is 5.39. The van der Waals surface area contributed by atoms with Gasteiger partial charge >= 0.3 is 0 Å². The molecule has 5 heteroatoms. The van der Waals surface area contributed by atoms with Gasteiger partial charge < -0.3 is 10.7 Å². The number of nitrogens with one attached hydrogen (secondary N) is 1. The molecule has 0 spiro atoms. The van der Waals surface area contributed by atoms with Crippen LogP contribution in [0, 0.1) is 20.4 Å². The number of fused-ring (bicyclic) bond motifs is 1. The summed E-state index contributed by atoms with van der Waals surface area (Å²) in [4.78, 5) is 11.0. The Hall–Kier alpha value is -2.51. The molecule has 0 aliphatic carbocycles. The number of halogens is 1. The van der Waals surface area contributed by atoms with Crippen LogP contribution in [0.3, 0.4) is 0 Å². The van der Waals surface area contributed by atoms with E-state index in [2.05, 4.69) is 14.8 Å². The number of rotatable bonds is 1. The fourth-order valence-electron chi connectivity index (χ4n) is 2.58. The van der Waals surface area contributed by atoms with Gasteiger partial charge in [0.15, 0.2) is 5.69 Å². The van der Waals surface area contributed by atoms with Crippen LogP contribution in [-0.2, 0) is 0 Å². The highest BCUT2D eigenvalue weighted by molar-refractivity contribution is 6.36. The quantitative estimate of drug-likeness (QED) is 0.643. The first-order valence-electron chi connectivity index (χ1n) is 6.42. The van der Waals surface area contributed by atoms with Crippen molar-refractivity contribution in [3.8, 4) is 11.1 Å². The van der Waals surface area contributed by atoms with Crippen LogP contribution in [0.15, 0.2) is 24.5 Å². The molecule has 3 N–H and O–H groups in total. The molecule has 0 aliphatic heterocycles. The minimum Gasteiger partial charge on any atom is -0.396 e. The van der Waals surface area contributed by atoms with E-state index in [0.29, 0.717) is 16.4 Å². The standard InChI is InChI=1S/C16H13ClN4/c1-8-4-14-10(5-13(8)19-3)15(9(2)21-14)11-6-20-7-12(18)16(11)17/h4-7,21H,18H2,1-2H3. The maximum Gasteiger partial charge on any atom is 0.190 e. The van der Waals surface area contributed by atoms with Gasteiger partial charge in [0.25, 0.3) is 0 Å². The fourth-order valence-corrected chi connectivity index (χ4v) is 2.77. The summed E-state index contributed by atoms with van der Waals surface area (Å²) in [6, 6.07) is 3.86. The predicted molar refractivity (Wildman–Crippen MR) is 86.7 cm³/mol. The van der Waals surface area contributed by atoms with Crippen LogP contribution in [0.5, 0.6) is 0 Å². The van der Waals surface area contributed by atoms with E-state index >= 15 is 0 Å². The highest BCUT2D eigenvalue weighted by Gasteiger charge is 2.16. The first-order chi connectivity index (χ1) is 10.0. The van der Waals surface area contributed by atoms with Crippen molar-refractivity contribution in [1.82, 2.24) is 9.97 Å². The van der Waals surface area contributed by atoms with E-state index in [1.54, 1.807) is 6.20 Å². The van der Waals surface area contributed by atoms with Gasteiger partial charge in [-0.1, -0.05) is 11.6 Å². The molecule has 0 fully saturated rings. The topological polar surface area (TPSA) is 59.1 Å². The molecule has 0 amide bonds. The van der Waals surface area contributed by atoms with Crippen molar-refractivity contribution >= 4 is 33.9 Å². The van der Waals surface area contributed by atoms with Gasteiger partial charge in [0.1, 0.15) is 0 Å². The number of nitrogen functional groups attached to an aromatic ring is 1. The van der Waals surface area contributed by atoms with Crippen molar-refractivity contribution in [3.05, 3.63) is 52.2 Å². The Balaban J connectivity index is 2.40. The van der Waals surface area contributed by atoms with Gasteiger partial charge in [-0.2, -0.15) is 0 Å². The van der Waals surface area contributed by atoms with Gasteiger partial charge in [-0.05, 0) is 36.9 Å². The molecule has 0 unspecified atom stereocenters. The lowest BCUT2D eigenvalue weighted by Gasteiger charge is -2.07. The van der Waals surface area contributed by atoms with Gasteiger partial charge in [0, 0.05) is 28.5 Å². The summed E-state index contributed by atoms with van der Waals surface area (Å²) in [7, 11) is 0. The van der Waals surface area contributed by atoms with E-state index < -0.39 is 0 Å². The van der Waals surface area contributed by atoms with Crippen LogP contribution >= 0.6 is 11.6 Å². The number of hydrogen-bond acceptors (Lipinski definition) is 2. The van der Waals surface area contributed by atoms with Gasteiger partial charge in [0.05, 0.1) is 23.5 Å². The number of nitrogens with two attached hydrogens (primary N) is 1. The highest BCUT2D eigenvalue weighted by atomic mass is 35.5. The molecule has 104 valence electrons. The minimum atomic E-state index is 0.445. The van der Waals surface area contributed by atoms with E-state index in [4.69, 9.17) is 23.9 Å². The third-order valence-corrected chi connectivity index (χ3v) is 4.02. The van der Waals surface area contributed by atoms with Gasteiger partial charge in [-0.15, -0.1) is 0 Å². The molecule has 2 heterocycles. The molecule has 1 aromatic carbocycles. The molecule has 3 aromatic rings. The normalized spacial score (nSPS) is 10.8. The van der Waals surface area contributed by atoms with Gasteiger partial charge in [-0.3, -0.25) is 4.98 Å². The Labute approximate surface area is 127 Å². The molecule has 0 atom stereocenters. The maximum atomic E-state index is 7.27. The minimum absolute atomic E-state index is 0.445. The summed E-state index contributed by atoms with van der Waals surface area (Å²) in [5.41, 5.74) is 11.5. The molecule has 0 saturated heterocycles. The monoisotopic (exact) mass is 296 g/mol. The molecule has 0 aliphatic rings. The summed E-state index contributed by atoms with van der Waals surface area (Å²) in [5, 5.41) is 1.44. The van der Waals surface area contributed by atoms with Crippen molar-refractivity contribution in [2.75, 3.05) is 5.73 Å². The first-order valence-corrected chi connectivity index (χ1v) is 6.80. The largest absolute Gasteiger partial charge is 0.396 e. The SMILES string of the molecule is [C-]#[N+]c1cc2c(-c3cncc(N)c3Cl)c(C)[nH]c2cc1C. The zero-order valence-electron chi connectivity index (χ0n) is 11.7. The average molecular weight is 297 g/mol. The number of hydrogen-bond donors (Lipinski definition) is 2. The van der Waals surface area contributed by atoms with Crippen molar-refractivity contribution < 1.29 is 0 Å². The molecule has 2 aromatic heterocycles. The van der Waals surface area contributed by atoms with E-state index in [1.807, 2.05) is 26.0 Å². The summed E-state index contributed by atoms with van der Waals surface area (Å²) >= 11 is 6.32. The van der Waals surface area contributed by atoms with Crippen molar-refractivity contribution in [2.45, 2.75) is 13.8 Å². The zero-order chi connectivity index (χ0) is 15.1. The van der Waals surface area contributed by atoms with Crippen LogP contribution in [0.25, 0.3) is 26.9 Å². The molecule has 4 nitrogen and oxygen atoms in total. The van der Waals surface area contributed by atoms with Crippen LogP contribution in [-0.4, -0.2) is 9.97 Å². The fraction of sp³-hybridized carbons (Fsp3) is 0.125. The maximum absolute atomic E-state index is 7.27. The lowest BCUT2D eigenvalue weighted by molar-refractivity contribution is 1.28. The van der Waals surface area contributed by atoms with Crippen LogP contribution in [0.2, 0.25) is 5.02 Å². The van der Waals surface area contributed by atoms with E-state index in [0.717, 1.165) is 33.3 Å². The predicted octanol–water partition coefficient (Wildman–Crippen LogP) is 4.63. The summed E-state index contributed by atoms with van der Waals surface area (Å²) in [6.07, 6.45) is 3.23. The molecule has 0 bridgehead atoms. The van der Waals surface area contributed by atoms with Crippen LogP contribution in [0.4, 0.5) is 11.4 Å².